The second-order valence-corrected chi connectivity index (χ2v) is 13.4. The molecule has 4 heterocycles. The van der Waals surface area contributed by atoms with Crippen LogP contribution < -0.4 is 9.64 Å². The van der Waals surface area contributed by atoms with Crippen molar-refractivity contribution in [3.63, 3.8) is 0 Å². The molecule has 3 fully saturated rings. The molecule has 2 aromatic heterocycles. The number of hydrogen-bond donors (Lipinski definition) is 0. The average molecular weight is 627 g/mol. The first-order valence-electron chi connectivity index (χ1n) is 15.7. The van der Waals surface area contributed by atoms with Gasteiger partial charge in [0.05, 0.1) is 17.6 Å². The van der Waals surface area contributed by atoms with Gasteiger partial charge in [-0.15, -0.1) is 6.42 Å². The van der Waals surface area contributed by atoms with Crippen molar-refractivity contribution in [3.05, 3.63) is 59.4 Å². The molecule has 3 aliphatic rings. The van der Waals surface area contributed by atoms with E-state index in [0.717, 1.165) is 31.2 Å². The van der Waals surface area contributed by atoms with E-state index in [1.54, 1.807) is 30.6 Å². The zero-order valence-electron chi connectivity index (χ0n) is 26.4. The fourth-order valence-electron chi connectivity index (χ4n) is 6.99. The largest absolute Gasteiger partial charge is 0.468 e. The molecule has 2 unspecified atom stereocenters. The van der Waals surface area contributed by atoms with E-state index in [-0.39, 0.29) is 42.1 Å². The van der Waals surface area contributed by atoms with Gasteiger partial charge in [0, 0.05) is 54.3 Å². The average Bonchev–Trinajstić information content (AvgIpc) is 3.82. The van der Waals surface area contributed by atoms with E-state index in [4.69, 9.17) is 25.6 Å². The summed E-state index contributed by atoms with van der Waals surface area (Å²) in [4.78, 5) is 26.6. The second-order valence-electron chi connectivity index (χ2n) is 13.4. The smallest absolute Gasteiger partial charge is 0.410 e. The second kappa shape index (κ2) is 11.4. The molecule has 0 radical (unpaired) electrons. The molecule has 7 rings (SSSR count). The van der Waals surface area contributed by atoms with Crippen LogP contribution >= 0.6 is 0 Å². The number of piperazine rings is 1. The van der Waals surface area contributed by atoms with Gasteiger partial charge in [0.1, 0.15) is 28.7 Å². The Morgan fingerprint density at radius 2 is 1.78 bits per heavy atom. The summed E-state index contributed by atoms with van der Waals surface area (Å²) in [6, 6.07) is 6.17. The predicted octanol–water partition coefficient (Wildman–Crippen LogP) is 7.16. The molecule has 2 aromatic carbocycles. The van der Waals surface area contributed by atoms with E-state index < -0.39 is 17.2 Å². The Balaban J connectivity index is 1.35. The molecule has 46 heavy (non-hydrogen) atoms. The van der Waals surface area contributed by atoms with E-state index in [1.807, 2.05) is 25.7 Å². The highest BCUT2D eigenvalue weighted by Crippen LogP contribution is 2.47. The zero-order chi connectivity index (χ0) is 32.3. The third kappa shape index (κ3) is 5.26. The van der Waals surface area contributed by atoms with Crippen molar-refractivity contribution < 1.29 is 27.8 Å². The third-order valence-corrected chi connectivity index (χ3v) is 9.06. The van der Waals surface area contributed by atoms with Crippen LogP contribution in [0.4, 0.5) is 19.4 Å². The number of hydrogen-bond acceptors (Lipinski definition) is 7. The van der Waals surface area contributed by atoms with Crippen LogP contribution in [0.3, 0.4) is 0 Å². The number of amides is 1. The fourth-order valence-corrected chi connectivity index (χ4v) is 6.99. The Kier molecular flexibility index (Phi) is 7.47. The van der Waals surface area contributed by atoms with Crippen LogP contribution in [0.5, 0.6) is 5.75 Å². The molecule has 2 atom stereocenters. The summed E-state index contributed by atoms with van der Waals surface area (Å²) >= 11 is 0. The molecule has 2 saturated heterocycles. The summed E-state index contributed by atoms with van der Waals surface area (Å²) in [7, 11) is 1.51. The van der Waals surface area contributed by atoms with Gasteiger partial charge in [-0.3, -0.25) is 9.88 Å². The number of pyridine rings is 2. The lowest BCUT2D eigenvalue weighted by atomic mass is 9.94. The van der Waals surface area contributed by atoms with Gasteiger partial charge >= 0.3 is 6.09 Å². The molecular formula is C36H36F2N4O4. The summed E-state index contributed by atoms with van der Waals surface area (Å²) in [5.74, 6) is 2.60. The molecule has 4 aromatic rings. The minimum atomic E-state index is -0.585. The van der Waals surface area contributed by atoms with Gasteiger partial charge in [-0.2, -0.15) is 0 Å². The van der Waals surface area contributed by atoms with E-state index >= 15 is 4.39 Å². The number of nitrogens with zero attached hydrogens (tertiary/aromatic N) is 4. The molecule has 1 saturated carbocycles. The minimum Gasteiger partial charge on any atom is -0.468 e. The van der Waals surface area contributed by atoms with Crippen molar-refractivity contribution >= 4 is 33.5 Å². The summed E-state index contributed by atoms with van der Waals surface area (Å²) in [6.45, 7) is 6.69. The van der Waals surface area contributed by atoms with Crippen LogP contribution in [0.1, 0.15) is 63.5 Å². The number of carbonyl (C=O) groups excluding carboxylic acids is 1. The fraction of sp³-hybridized carbons (Fsp3) is 0.417. The number of terminal acetylenes is 1. The van der Waals surface area contributed by atoms with Gasteiger partial charge in [0.25, 0.3) is 0 Å². The molecule has 1 aliphatic carbocycles. The van der Waals surface area contributed by atoms with Crippen molar-refractivity contribution in [2.45, 2.75) is 70.1 Å². The normalized spacial score (nSPS) is 19.5. The number of ether oxygens (including phenoxy) is 3. The Hall–Kier alpha value is -4.49. The molecule has 2 aliphatic heterocycles. The molecule has 8 nitrogen and oxygen atoms in total. The van der Waals surface area contributed by atoms with Gasteiger partial charge in [0.15, 0.2) is 12.6 Å². The van der Waals surface area contributed by atoms with Crippen molar-refractivity contribution in [3.8, 4) is 29.4 Å². The summed E-state index contributed by atoms with van der Waals surface area (Å²) in [5, 5.41) is 2.04. The third-order valence-electron chi connectivity index (χ3n) is 9.06. The number of benzene rings is 2. The van der Waals surface area contributed by atoms with Crippen LogP contribution in [0.2, 0.25) is 0 Å². The van der Waals surface area contributed by atoms with Gasteiger partial charge in [0.2, 0.25) is 0 Å². The van der Waals surface area contributed by atoms with Crippen molar-refractivity contribution in [2.24, 2.45) is 0 Å². The SMILES string of the molecule is C#Cc1c(F)ccc2cc(OCOC)cc(-c3ncc4c(N5CC6CCC(C5)N6C(=O)OC(C)(C)C)ncc(C5CC5)c4c3F)c12. The lowest BCUT2D eigenvalue weighted by molar-refractivity contribution is 0.0123. The topological polar surface area (TPSA) is 77.0 Å². The van der Waals surface area contributed by atoms with Gasteiger partial charge < -0.3 is 19.1 Å². The van der Waals surface area contributed by atoms with Gasteiger partial charge in [-0.05, 0) is 81.5 Å². The number of methoxy groups -OCH3 is 1. The minimum absolute atomic E-state index is 0.0220. The Labute approximate surface area is 266 Å². The number of halogens is 2. The molecule has 10 heteroatoms. The Morgan fingerprint density at radius 1 is 1.04 bits per heavy atom. The maximum Gasteiger partial charge on any atom is 0.410 e. The van der Waals surface area contributed by atoms with E-state index in [2.05, 4.69) is 15.8 Å². The van der Waals surface area contributed by atoms with Crippen LogP contribution in [0, 0.1) is 24.0 Å². The number of aromatic nitrogens is 2. The van der Waals surface area contributed by atoms with E-state index in [9.17, 15) is 9.18 Å². The standard InChI is InChI=1S/C36H36F2N4O4/c1-6-25-29(37)12-9-21-13-24(45-19-44-5)14-26(30(21)25)33-32(38)31-27(20-7-8-20)15-40-34(28(31)16-39-33)41-17-22-10-11-23(18-41)42(22)35(43)46-36(2,3)4/h1,9,12-16,20,22-23H,7-8,10-11,17-19H2,2-5H3. The molecule has 0 N–H and O–H groups in total. The number of fused-ring (bicyclic) bond motifs is 4. The predicted molar refractivity (Wildman–Crippen MR) is 172 cm³/mol. The molecule has 2 bridgehead atoms. The number of carbonyl (C=O) groups is 1. The Morgan fingerprint density at radius 3 is 2.43 bits per heavy atom. The summed E-state index contributed by atoms with van der Waals surface area (Å²) in [6.07, 6.45) is 12.5. The van der Waals surface area contributed by atoms with Crippen LogP contribution in [0.25, 0.3) is 32.8 Å². The first-order valence-corrected chi connectivity index (χ1v) is 15.7. The first-order chi connectivity index (χ1) is 22.1. The van der Waals surface area contributed by atoms with Gasteiger partial charge in [-0.25, -0.2) is 18.6 Å². The van der Waals surface area contributed by atoms with Crippen molar-refractivity contribution in [1.82, 2.24) is 14.9 Å². The Bertz CT molecular complexity index is 1900. The lowest BCUT2D eigenvalue weighted by Crippen LogP contribution is -2.57. The zero-order valence-corrected chi connectivity index (χ0v) is 26.4. The van der Waals surface area contributed by atoms with E-state index in [1.165, 1.54) is 13.2 Å². The van der Waals surface area contributed by atoms with Crippen LogP contribution in [-0.2, 0) is 9.47 Å². The first kappa shape index (κ1) is 30.2. The van der Waals surface area contributed by atoms with Gasteiger partial charge in [-0.1, -0.05) is 12.0 Å². The summed E-state index contributed by atoms with van der Waals surface area (Å²) < 4.78 is 48.6. The highest BCUT2D eigenvalue weighted by atomic mass is 19.1. The number of rotatable bonds is 6. The highest BCUT2D eigenvalue weighted by molar-refractivity contribution is 6.04. The van der Waals surface area contributed by atoms with Crippen molar-refractivity contribution in [1.29, 1.82) is 0 Å². The summed E-state index contributed by atoms with van der Waals surface area (Å²) in [5.41, 5.74) is 0.659. The molecule has 238 valence electrons. The number of anilines is 1. The molecule has 0 spiro atoms. The molecular weight excluding hydrogens is 590 g/mol. The monoisotopic (exact) mass is 626 g/mol. The molecule has 1 amide bonds. The maximum atomic E-state index is 17.1. The highest BCUT2D eigenvalue weighted by Gasteiger charge is 2.45. The maximum absolute atomic E-state index is 17.1. The van der Waals surface area contributed by atoms with Crippen LogP contribution in [0.15, 0.2) is 36.7 Å². The van der Waals surface area contributed by atoms with Crippen LogP contribution in [-0.4, -0.2) is 65.6 Å². The van der Waals surface area contributed by atoms with E-state index in [0.29, 0.717) is 51.8 Å². The van der Waals surface area contributed by atoms with Crippen molar-refractivity contribution in [2.75, 3.05) is 31.9 Å². The quantitative estimate of drug-likeness (QED) is 0.166. The lowest BCUT2D eigenvalue weighted by Gasteiger charge is -2.42.